The van der Waals surface area contributed by atoms with Gasteiger partial charge < -0.3 is 0 Å². The fraction of sp³-hybridized carbons (Fsp3) is 0.750. The summed E-state index contributed by atoms with van der Waals surface area (Å²) in [7, 11) is 0. The number of allylic oxidation sites excluding steroid dienone is 1. The Morgan fingerprint density at radius 2 is 2.22 bits per heavy atom. The van der Waals surface area contributed by atoms with Gasteiger partial charge in [0.25, 0.3) is 0 Å². The Bertz CT molecular complexity index is 69.0. The summed E-state index contributed by atoms with van der Waals surface area (Å²) in [6.07, 6.45) is 6.37. The maximum Gasteiger partial charge on any atom is 0.0338 e. The van der Waals surface area contributed by atoms with Crippen molar-refractivity contribution in [3.05, 3.63) is 12.7 Å². The lowest BCUT2D eigenvalue weighted by Gasteiger charge is -2.03. The van der Waals surface area contributed by atoms with Crippen LogP contribution in [0, 0.1) is 0 Å². The summed E-state index contributed by atoms with van der Waals surface area (Å²) in [6, 6.07) is 0. The van der Waals surface area contributed by atoms with Crippen LogP contribution in [-0.4, -0.2) is 5.38 Å². The Morgan fingerprint density at radius 3 is 2.67 bits per heavy atom. The SMILES string of the molecule is C=CCCC(Cl)CCC. The number of hydrogen-bond acceptors (Lipinski definition) is 0. The van der Waals surface area contributed by atoms with Crippen LogP contribution >= 0.6 is 11.6 Å². The van der Waals surface area contributed by atoms with E-state index in [4.69, 9.17) is 11.6 Å². The maximum atomic E-state index is 5.91. The molecule has 0 heterocycles. The van der Waals surface area contributed by atoms with Crippen molar-refractivity contribution in [2.24, 2.45) is 0 Å². The fourth-order valence-corrected chi connectivity index (χ4v) is 1.10. The zero-order valence-electron chi connectivity index (χ0n) is 6.07. The molecule has 0 aromatic carbocycles. The van der Waals surface area contributed by atoms with Gasteiger partial charge in [0.15, 0.2) is 0 Å². The second-order valence-electron chi connectivity index (χ2n) is 2.25. The Labute approximate surface area is 62.9 Å². The van der Waals surface area contributed by atoms with Crippen LogP contribution in [0.25, 0.3) is 0 Å². The molecule has 1 heteroatoms. The molecule has 54 valence electrons. The predicted octanol–water partition coefficient (Wildman–Crippen LogP) is 3.36. The third-order valence-electron chi connectivity index (χ3n) is 1.29. The van der Waals surface area contributed by atoms with E-state index in [1.165, 1.54) is 6.42 Å². The molecule has 0 aromatic heterocycles. The molecule has 0 amide bonds. The summed E-state index contributed by atoms with van der Waals surface area (Å²) in [5.74, 6) is 0. The van der Waals surface area contributed by atoms with E-state index < -0.39 is 0 Å². The third kappa shape index (κ3) is 5.91. The minimum absolute atomic E-state index is 0.369. The lowest BCUT2D eigenvalue weighted by atomic mass is 10.1. The topological polar surface area (TPSA) is 0 Å². The van der Waals surface area contributed by atoms with E-state index in [-0.39, 0.29) is 0 Å². The first-order chi connectivity index (χ1) is 4.31. The lowest BCUT2D eigenvalue weighted by Crippen LogP contribution is -1.95. The van der Waals surface area contributed by atoms with Gasteiger partial charge in [-0.15, -0.1) is 18.2 Å². The van der Waals surface area contributed by atoms with Gasteiger partial charge in [-0.1, -0.05) is 19.4 Å². The quantitative estimate of drug-likeness (QED) is 0.412. The molecule has 0 aliphatic rings. The molecule has 0 radical (unpaired) electrons. The molecule has 0 rings (SSSR count). The van der Waals surface area contributed by atoms with Crippen molar-refractivity contribution in [2.75, 3.05) is 0 Å². The highest BCUT2D eigenvalue weighted by Crippen LogP contribution is 2.11. The van der Waals surface area contributed by atoms with E-state index in [0.29, 0.717) is 5.38 Å². The van der Waals surface area contributed by atoms with Gasteiger partial charge in [-0.2, -0.15) is 0 Å². The third-order valence-corrected chi connectivity index (χ3v) is 1.72. The first-order valence-electron chi connectivity index (χ1n) is 3.56. The van der Waals surface area contributed by atoms with Crippen molar-refractivity contribution in [3.8, 4) is 0 Å². The van der Waals surface area contributed by atoms with Crippen molar-refractivity contribution in [1.82, 2.24) is 0 Å². The number of hydrogen-bond donors (Lipinski definition) is 0. The van der Waals surface area contributed by atoms with E-state index in [1.54, 1.807) is 0 Å². The maximum absolute atomic E-state index is 5.91. The highest BCUT2D eigenvalue weighted by molar-refractivity contribution is 6.20. The summed E-state index contributed by atoms with van der Waals surface area (Å²) in [4.78, 5) is 0. The second-order valence-corrected chi connectivity index (χ2v) is 2.87. The van der Waals surface area contributed by atoms with Gasteiger partial charge in [-0.25, -0.2) is 0 Å². The fourth-order valence-electron chi connectivity index (χ4n) is 0.756. The van der Waals surface area contributed by atoms with Crippen LogP contribution in [0.15, 0.2) is 12.7 Å². The van der Waals surface area contributed by atoms with Crippen molar-refractivity contribution in [1.29, 1.82) is 0 Å². The lowest BCUT2D eigenvalue weighted by molar-refractivity contribution is 0.684. The first kappa shape index (κ1) is 9.03. The van der Waals surface area contributed by atoms with Gasteiger partial charge in [0.2, 0.25) is 0 Å². The molecule has 1 unspecified atom stereocenters. The molecule has 0 saturated heterocycles. The monoisotopic (exact) mass is 146 g/mol. The van der Waals surface area contributed by atoms with Gasteiger partial charge >= 0.3 is 0 Å². The van der Waals surface area contributed by atoms with Gasteiger partial charge in [-0.3, -0.25) is 0 Å². The van der Waals surface area contributed by atoms with Crippen LogP contribution in [-0.2, 0) is 0 Å². The van der Waals surface area contributed by atoms with Crippen LogP contribution in [0.1, 0.15) is 32.6 Å². The summed E-state index contributed by atoms with van der Waals surface area (Å²) < 4.78 is 0. The minimum Gasteiger partial charge on any atom is -0.123 e. The molecule has 0 spiro atoms. The highest BCUT2D eigenvalue weighted by Gasteiger charge is 1.99. The molecule has 0 aromatic rings. The highest BCUT2D eigenvalue weighted by atomic mass is 35.5. The predicted molar refractivity (Wildman–Crippen MR) is 44.0 cm³/mol. The Hall–Kier alpha value is 0.0300. The largest absolute Gasteiger partial charge is 0.123 e. The average molecular weight is 147 g/mol. The van der Waals surface area contributed by atoms with Gasteiger partial charge in [0, 0.05) is 5.38 Å². The van der Waals surface area contributed by atoms with Crippen molar-refractivity contribution in [3.63, 3.8) is 0 Å². The molecular weight excluding hydrogens is 132 g/mol. The molecule has 1 atom stereocenters. The zero-order chi connectivity index (χ0) is 7.11. The molecule has 0 aliphatic heterocycles. The molecule has 0 nitrogen and oxygen atoms in total. The van der Waals surface area contributed by atoms with Crippen LogP contribution < -0.4 is 0 Å². The van der Waals surface area contributed by atoms with Gasteiger partial charge in [-0.05, 0) is 19.3 Å². The van der Waals surface area contributed by atoms with E-state index in [1.807, 2.05) is 6.08 Å². The Morgan fingerprint density at radius 1 is 1.56 bits per heavy atom. The molecular formula is C8H15Cl. The normalized spacial score (nSPS) is 13.1. The molecule has 0 aliphatic carbocycles. The van der Waals surface area contributed by atoms with E-state index in [2.05, 4.69) is 13.5 Å². The van der Waals surface area contributed by atoms with Crippen molar-refractivity contribution >= 4 is 11.6 Å². The molecule has 9 heavy (non-hydrogen) atoms. The summed E-state index contributed by atoms with van der Waals surface area (Å²) in [5, 5.41) is 0.369. The zero-order valence-corrected chi connectivity index (χ0v) is 6.82. The van der Waals surface area contributed by atoms with E-state index in [0.717, 1.165) is 19.3 Å². The summed E-state index contributed by atoms with van der Waals surface area (Å²) in [5.41, 5.74) is 0. The minimum atomic E-state index is 0.369. The summed E-state index contributed by atoms with van der Waals surface area (Å²) in [6.45, 7) is 5.79. The number of halogens is 1. The van der Waals surface area contributed by atoms with E-state index in [9.17, 15) is 0 Å². The smallest absolute Gasteiger partial charge is 0.0338 e. The molecule has 0 fully saturated rings. The summed E-state index contributed by atoms with van der Waals surface area (Å²) >= 11 is 5.91. The molecule has 0 bridgehead atoms. The molecule has 0 N–H and O–H groups in total. The molecule has 0 saturated carbocycles. The first-order valence-corrected chi connectivity index (χ1v) is 3.99. The Balaban J connectivity index is 3.04. The second kappa shape index (κ2) is 6.15. The number of rotatable bonds is 5. The Kier molecular flexibility index (Phi) is 6.18. The van der Waals surface area contributed by atoms with Crippen LogP contribution in [0.4, 0.5) is 0 Å². The van der Waals surface area contributed by atoms with Crippen LogP contribution in [0.5, 0.6) is 0 Å². The van der Waals surface area contributed by atoms with Crippen molar-refractivity contribution in [2.45, 2.75) is 38.0 Å². The van der Waals surface area contributed by atoms with Crippen LogP contribution in [0.3, 0.4) is 0 Å². The van der Waals surface area contributed by atoms with E-state index >= 15 is 0 Å². The van der Waals surface area contributed by atoms with Crippen LogP contribution in [0.2, 0.25) is 0 Å². The number of alkyl halides is 1. The average Bonchev–Trinajstić information content (AvgIpc) is 1.85. The standard InChI is InChI=1S/C8H15Cl/c1-3-5-7-8(9)6-4-2/h3,8H,1,4-7H2,2H3. The van der Waals surface area contributed by atoms with Gasteiger partial charge in [0.1, 0.15) is 0 Å². The van der Waals surface area contributed by atoms with Crippen molar-refractivity contribution < 1.29 is 0 Å². The van der Waals surface area contributed by atoms with Gasteiger partial charge in [0.05, 0.1) is 0 Å².